The van der Waals surface area contributed by atoms with Gasteiger partial charge in [0.25, 0.3) is 0 Å². The third kappa shape index (κ3) is 3.06. The van der Waals surface area contributed by atoms with Gasteiger partial charge in [-0.3, -0.25) is 0 Å². The molecular weight excluding hydrogens is 192 g/mol. The predicted molar refractivity (Wildman–Crippen MR) is 58.5 cm³/mol. The fourth-order valence-electron chi connectivity index (χ4n) is 1.66. The highest BCUT2D eigenvalue weighted by molar-refractivity contribution is 5.43. The van der Waals surface area contributed by atoms with Crippen molar-refractivity contribution in [2.45, 2.75) is 25.4 Å². The van der Waals surface area contributed by atoms with Crippen molar-refractivity contribution in [2.75, 3.05) is 24.2 Å². The summed E-state index contributed by atoms with van der Waals surface area (Å²) in [5, 5.41) is 3.20. The summed E-state index contributed by atoms with van der Waals surface area (Å²) in [6, 6.07) is 1.73. The molecule has 1 atom stereocenters. The van der Waals surface area contributed by atoms with E-state index in [-0.39, 0.29) is 0 Å². The topological polar surface area (TPSA) is 73.1 Å². The molecule has 82 valence electrons. The van der Waals surface area contributed by atoms with Crippen LogP contribution in [0.1, 0.15) is 19.3 Å². The van der Waals surface area contributed by atoms with E-state index >= 15 is 0 Å². The van der Waals surface area contributed by atoms with Crippen LogP contribution >= 0.6 is 0 Å². The molecule has 1 unspecified atom stereocenters. The molecular formula is C10H16N4O. The number of ether oxygens (including phenoxy) is 1. The summed E-state index contributed by atoms with van der Waals surface area (Å²) in [6.07, 6.45) is 5.30. The molecule has 1 aliphatic rings. The van der Waals surface area contributed by atoms with E-state index in [2.05, 4.69) is 15.3 Å². The predicted octanol–water partition coefficient (Wildman–Crippen LogP) is 1.04. The van der Waals surface area contributed by atoms with Crippen molar-refractivity contribution < 1.29 is 4.74 Å². The molecule has 3 N–H and O–H groups in total. The molecule has 5 heteroatoms. The van der Waals surface area contributed by atoms with Crippen LogP contribution in [0.5, 0.6) is 0 Å². The molecule has 0 bridgehead atoms. The van der Waals surface area contributed by atoms with Gasteiger partial charge < -0.3 is 15.8 Å². The minimum Gasteiger partial charge on any atom is -0.384 e. The fraction of sp³-hybridized carbons (Fsp3) is 0.600. The Hall–Kier alpha value is -1.36. The van der Waals surface area contributed by atoms with Crippen LogP contribution in [-0.4, -0.2) is 29.2 Å². The lowest BCUT2D eigenvalue weighted by molar-refractivity contribution is 0.0247. The van der Waals surface area contributed by atoms with Gasteiger partial charge in [0, 0.05) is 19.2 Å². The Labute approximate surface area is 89.1 Å². The number of nitrogens with zero attached hydrogens (tertiary/aromatic N) is 2. The number of hydrogen-bond donors (Lipinski definition) is 2. The van der Waals surface area contributed by atoms with E-state index in [9.17, 15) is 0 Å². The van der Waals surface area contributed by atoms with Gasteiger partial charge in [-0.05, 0) is 19.3 Å². The molecule has 1 aromatic rings. The lowest BCUT2D eigenvalue weighted by atomic mass is 10.1. The summed E-state index contributed by atoms with van der Waals surface area (Å²) in [5.41, 5.74) is 5.54. The SMILES string of the molecule is Nc1cc(NCC2CCCCO2)ncn1. The van der Waals surface area contributed by atoms with Gasteiger partial charge in [-0.2, -0.15) is 0 Å². The van der Waals surface area contributed by atoms with Crippen LogP contribution in [0.25, 0.3) is 0 Å². The first kappa shape index (κ1) is 10.2. The Morgan fingerprint density at radius 1 is 1.47 bits per heavy atom. The third-order valence-corrected chi connectivity index (χ3v) is 2.47. The summed E-state index contributed by atoms with van der Waals surface area (Å²) in [4.78, 5) is 7.90. The van der Waals surface area contributed by atoms with E-state index in [1.165, 1.54) is 19.2 Å². The first-order valence-corrected chi connectivity index (χ1v) is 5.27. The van der Waals surface area contributed by atoms with E-state index < -0.39 is 0 Å². The Balaban J connectivity index is 1.81. The highest BCUT2D eigenvalue weighted by atomic mass is 16.5. The van der Waals surface area contributed by atoms with Gasteiger partial charge in [0.05, 0.1) is 6.10 Å². The van der Waals surface area contributed by atoms with Crippen molar-refractivity contribution in [3.8, 4) is 0 Å². The maximum Gasteiger partial charge on any atom is 0.131 e. The van der Waals surface area contributed by atoms with Crippen LogP contribution < -0.4 is 11.1 Å². The van der Waals surface area contributed by atoms with Gasteiger partial charge in [-0.15, -0.1) is 0 Å². The summed E-state index contributed by atoms with van der Waals surface area (Å²) in [5.74, 6) is 1.24. The zero-order valence-corrected chi connectivity index (χ0v) is 8.65. The van der Waals surface area contributed by atoms with Gasteiger partial charge >= 0.3 is 0 Å². The van der Waals surface area contributed by atoms with E-state index in [1.54, 1.807) is 6.07 Å². The average molecular weight is 208 g/mol. The standard InChI is InChI=1S/C10H16N4O/c11-9-5-10(14-7-13-9)12-6-8-3-1-2-4-15-8/h5,7-8H,1-4,6H2,(H3,11,12,13,14). The maximum absolute atomic E-state index is 5.59. The van der Waals surface area contributed by atoms with Crippen molar-refractivity contribution in [1.29, 1.82) is 0 Å². The molecule has 0 radical (unpaired) electrons. The maximum atomic E-state index is 5.59. The molecule has 1 aromatic heterocycles. The summed E-state index contributed by atoms with van der Waals surface area (Å²) in [6.45, 7) is 1.66. The molecule has 2 heterocycles. The number of nitrogens with two attached hydrogens (primary N) is 1. The second-order valence-electron chi connectivity index (χ2n) is 3.70. The van der Waals surface area contributed by atoms with E-state index in [0.717, 1.165) is 25.4 Å². The summed E-state index contributed by atoms with van der Waals surface area (Å²) < 4.78 is 5.59. The molecule has 1 saturated heterocycles. The quantitative estimate of drug-likeness (QED) is 0.776. The lowest BCUT2D eigenvalue weighted by Crippen LogP contribution is -2.27. The molecule has 0 spiro atoms. The Kier molecular flexibility index (Phi) is 3.34. The third-order valence-electron chi connectivity index (χ3n) is 2.47. The molecule has 0 aromatic carbocycles. The smallest absolute Gasteiger partial charge is 0.131 e. The summed E-state index contributed by atoms with van der Waals surface area (Å²) in [7, 11) is 0. The van der Waals surface area contributed by atoms with Gasteiger partial charge in [0.15, 0.2) is 0 Å². The van der Waals surface area contributed by atoms with Crippen LogP contribution in [0.4, 0.5) is 11.6 Å². The minimum atomic E-state index is 0.301. The molecule has 1 fully saturated rings. The van der Waals surface area contributed by atoms with E-state index in [1.807, 2.05) is 0 Å². The minimum absolute atomic E-state index is 0.301. The monoisotopic (exact) mass is 208 g/mol. The van der Waals surface area contributed by atoms with Gasteiger partial charge in [-0.1, -0.05) is 0 Å². The molecule has 0 saturated carbocycles. The van der Waals surface area contributed by atoms with Gasteiger partial charge in [0.2, 0.25) is 0 Å². The van der Waals surface area contributed by atoms with Crippen molar-refractivity contribution in [1.82, 2.24) is 9.97 Å². The first-order valence-electron chi connectivity index (χ1n) is 5.27. The molecule has 2 rings (SSSR count). The van der Waals surface area contributed by atoms with Crippen LogP contribution in [-0.2, 0) is 4.74 Å². The number of hydrogen-bond acceptors (Lipinski definition) is 5. The Morgan fingerprint density at radius 2 is 2.40 bits per heavy atom. The highest BCUT2D eigenvalue weighted by Gasteiger charge is 2.13. The zero-order chi connectivity index (χ0) is 10.5. The number of aromatic nitrogens is 2. The largest absolute Gasteiger partial charge is 0.384 e. The fourth-order valence-corrected chi connectivity index (χ4v) is 1.66. The second-order valence-corrected chi connectivity index (χ2v) is 3.70. The van der Waals surface area contributed by atoms with Crippen LogP contribution in [0.3, 0.4) is 0 Å². The van der Waals surface area contributed by atoms with Crippen LogP contribution in [0.2, 0.25) is 0 Å². The highest BCUT2D eigenvalue weighted by Crippen LogP contribution is 2.13. The van der Waals surface area contributed by atoms with Crippen molar-refractivity contribution >= 4 is 11.6 Å². The van der Waals surface area contributed by atoms with Crippen LogP contribution in [0, 0.1) is 0 Å². The molecule has 1 aliphatic heterocycles. The number of anilines is 2. The first-order chi connectivity index (χ1) is 7.34. The molecule has 0 amide bonds. The normalized spacial score (nSPS) is 21.2. The van der Waals surface area contributed by atoms with Gasteiger partial charge in [0.1, 0.15) is 18.0 Å². The molecule has 0 aliphatic carbocycles. The van der Waals surface area contributed by atoms with Crippen molar-refractivity contribution in [3.63, 3.8) is 0 Å². The average Bonchev–Trinajstić information content (AvgIpc) is 2.28. The zero-order valence-electron chi connectivity index (χ0n) is 8.65. The van der Waals surface area contributed by atoms with E-state index in [4.69, 9.17) is 10.5 Å². The van der Waals surface area contributed by atoms with Gasteiger partial charge in [-0.25, -0.2) is 9.97 Å². The molecule has 5 nitrogen and oxygen atoms in total. The molecule has 15 heavy (non-hydrogen) atoms. The lowest BCUT2D eigenvalue weighted by Gasteiger charge is -2.22. The van der Waals surface area contributed by atoms with Crippen molar-refractivity contribution in [3.05, 3.63) is 12.4 Å². The Bertz CT molecular complexity index is 312. The van der Waals surface area contributed by atoms with Crippen molar-refractivity contribution in [2.24, 2.45) is 0 Å². The number of rotatable bonds is 3. The number of nitrogens with one attached hydrogen (secondary N) is 1. The van der Waals surface area contributed by atoms with Crippen LogP contribution in [0.15, 0.2) is 12.4 Å². The Morgan fingerprint density at radius 3 is 3.13 bits per heavy atom. The number of nitrogen functional groups attached to an aromatic ring is 1. The van der Waals surface area contributed by atoms with E-state index in [0.29, 0.717) is 11.9 Å². The summed E-state index contributed by atoms with van der Waals surface area (Å²) >= 11 is 0. The second kappa shape index (κ2) is 4.93.